The van der Waals surface area contributed by atoms with E-state index in [0.29, 0.717) is 16.5 Å². The molecule has 0 atom stereocenters. The molecule has 0 saturated heterocycles. The first-order valence-electron chi connectivity index (χ1n) is 5.70. The normalized spacial score (nSPS) is 10.8. The topological polar surface area (TPSA) is 30.0 Å². The molecule has 0 aliphatic heterocycles. The van der Waals surface area contributed by atoms with E-state index in [2.05, 4.69) is 4.98 Å². The maximum atomic E-state index is 11.8. The summed E-state index contributed by atoms with van der Waals surface area (Å²) in [6.07, 6.45) is 6.85. The highest BCUT2D eigenvalue weighted by atomic mass is 35.5. The molecule has 0 amide bonds. The van der Waals surface area contributed by atoms with Gasteiger partial charge in [0.1, 0.15) is 0 Å². The third-order valence-corrected chi connectivity index (χ3v) is 3.36. The van der Waals surface area contributed by atoms with Crippen LogP contribution in [-0.2, 0) is 11.2 Å². The van der Waals surface area contributed by atoms with E-state index in [9.17, 15) is 4.79 Å². The molecule has 1 aromatic heterocycles. The molecule has 0 fully saturated rings. The molecule has 1 aromatic carbocycles. The molecule has 0 N–H and O–H groups in total. The summed E-state index contributed by atoms with van der Waals surface area (Å²) in [5.74, 6) is -0.0101. The highest BCUT2D eigenvalue weighted by Gasteiger charge is 2.03. The van der Waals surface area contributed by atoms with E-state index in [-0.39, 0.29) is 5.78 Å². The van der Waals surface area contributed by atoms with Gasteiger partial charge in [0.2, 0.25) is 0 Å². The number of halogens is 2. The lowest BCUT2D eigenvalue weighted by Crippen LogP contribution is -1.98. The van der Waals surface area contributed by atoms with Gasteiger partial charge in [0.25, 0.3) is 0 Å². The first-order chi connectivity index (χ1) is 9.16. The standard InChI is InChI=1S/C15H11Cl2NO/c16-14-5-1-4-12(15(14)17)6-7-13(19)9-11-3-2-8-18-10-11/h1-8,10H,9H2. The Balaban J connectivity index is 2.06. The summed E-state index contributed by atoms with van der Waals surface area (Å²) in [7, 11) is 0. The van der Waals surface area contributed by atoms with Gasteiger partial charge in [-0.2, -0.15) is 0 Å². The van der Waals surface area contributed by atoms with Crippen molar-refractivity contribution in [2.45, 2.75) is 6.42 Å². The minimum absolute atomic E-state index is 0.0101. The summed E-state index contributed by atoms with van der Waals surface area (Å²) in [5, 5.41) is 0.929. The van der Waals surface area contributed by atoms with E-state index in [4.69, 9.17) is 23.2 Å². The number of carbonyl (C=O) groups is 1. The first kappa shape index (κ1) is 13.8. The number of benzene rings is 1. The summed E-state index contributed by atoms with van der Waals surface area (Å²) in [6.45, 7) is 0. The predicted molar refractivity (Wildman–Crippen MR) is 78.4 cm³/mol. The smallest absolute Gasteiger partial charge is 0.160 e. The van der Waals surface area contributed by atoms with Crippen molar-refractivity contribution in [3.8, 4) is 0 Å². The van der Waals surface area contributed by atoms with Gasteiger partial charge in [-0.25, -0.2) is 0 Å². The number of ketones is 1. The molecule has 0 radical (unpaired) electrons. The lowest BCUT2D eigenvalue weighted by Gasteiger charge is -2.00. The fraction of sp³-hybridized carbons (Fsp3) is 0.0667. The number of pyridine rings is 1. The van der Waals surface area contributed by atoms with Crippen LogP contribution >= 0.6 is 23.2 Å². The number of hydrogen-bond acceptors (Lipinski definition) is 2. The summed E-state index contributed by atoms with van der Waals surface area (Å²) < 4.78 is 0. The van der Waals surface area contributed by atoms with Gasteiger partial charge in [-0.1, -0.05) is 41.4 Å². The molecular formula is C15H11Cl2NO. The minimum atomic E-state index is -0.0101. The highest BCUT2D eigenvalue weighted by Crippen LogP contribution is 2.26. The van der Waals surface area contributed by atoms with Crippen LogP contribution in [0.25, 0.3) is 6.08 Å². The van der Waals surface area contributed by atoms with Gasteiger partial charge in [-0.15, -0.1) is 0 Å². The highest BCUT2D eigenvalue weighted by molar-refractivity contribution is 6.42. The summed E-state index contributed by atoms with van der Waals surface area (Å²) in [6, 6.07) is 8.98. The minimum Gasteiger partial charge on any atom is -0.294 e. The van der Waals surface area contributed by atoms with Crippen molar-refractivity contribution < 1.29 is 4.79 Å². The van der Waals surface area contributed by atoms with Crippen LogP contribution < -0.4 is 0 Å². The van der Waals surface area contributed by atoms with Crippen molar-refractivity contribution >= 4 is 35.1 Å². The van der Waals surface area contributed by atoms with Gasteiger partial charge in [-0.05, 0) is 35.4 Å². The molecule has 2 rings (SSSR count). The molecule has 1 heterocycles. The van der Waals surface area contributed by atoms with Gasteiger partial charge in [-0.3, -0.25) is 9.78 Å². The summed E-state index contributed by atoms with van der Waals surface area (Å²) >= 11 is 11.9. The lowest BCUT2D eigenvalue weighted by molar-refractivity contribution is -0.113. The molecule has 19 heavy (non-hydrogen) atoms. The maximum Gasteiger partial charge on any atom is 0.160 e. The van der Waals surface area contributed by atoms with Crippen LogP contribution in [0, 0.1) is 0 Å². The molecule has 0 unspecified atom stereocenters. The largest absolute Gasteiger partial charge is 0.294 e. The fourth-order valence-corrected chi connectivity index (χ4v) is 1.97. The van der Waals surface area contributed by atoms with Crippen LogP contribution in [0.1, 0.15) is 11.1 Å². The number of rotatable bonds is 4. The zero-order valence-corrected chi connectivity index (χ0v) is 11.5. The molecule has 0 bridgehead atoms. The van der Waals surface area contributed by atoms with Crippen molar-refractivity contribution in [1.29, 1.82) is 0 Å². The molecule has 2 aromatic rings. The number of allylic oxidation sites excluding steroid dienone is 1. The summed E-state index contributed by atoms with van der Waals surface area (Å²) in [4.78, 5) is 15.8. The number of nitrogens with zero attached hydrogens (tertiary/aromatic N) is 1. The molecular weight excluding hydrogens is 281 g/mol. The van der Waals surface area contributed by atoms with Crippen LogP contribution in [0.5, 0.6) is 0 Å². The first-order valence-corrected chi connectivity index (χ1v) is 6.46. The number of hydrogen-bond donors (Lipinski definition) is 0. The van der Waals surface area contributed by atoms with Gasteiger partial charge >= 0.3 is 0 Å². The van der Waals surface area contributed by atoms with Crippen molar-refractivity contribution in [1.82, 2.24) is 4.98 Å². The van der Waals surface area contributed by atoms with Crippen molar-refractivity contribution in [2.24, 2.45) is 0 Å². The van der Waals surface area contributed by atoms with E-state index >= 15 is 0 Å². The van der Waals surface area contributed by atoms with Crippen molar-refractivity contribution in [3.63, 3.8) is 0 Å². The number of aromatic nitrogens is 1. The van der Waals surface area contributed by atoms with Gasteiger partial charge in [0.15, 0.2) is 5.78 Å². The Hall–Kier alpha value is -1.64. The third kappa shape index (κ3) is 3.91. The van der Waals surface area contributed by atoms with E-state index in [1.165, 1.54) is 6.08 Å². The Morgan fingerprint density at radius 3 is 2.79 bits per heavy atom. The molecule has 2 nitrogen and oxygen atoms in total. The Morgan fingerprint density at radius 1 is 1.21 bits per heavy atom. The van der Waals surface area contributed by atoms with Crippen LogP contribution in [0.4, 0.5) is 0 Å². The van der Waals surface area contributed by atoms with E-state index in [1.807, 2.05) is 12.1 Å². The quantitative estimate of drug-likeness (QED) is 0.790. The lowest BCUT2D eigenvalue weighted by atomic mass is 10.1. The Bertz CT molecular complexity index is 609. The molecule has 0 saturated carbocycles. The van der Waals surface area contributed by atoms with Crippen molar-refractivity contribution in [2.75, 3.05) is 0 Å². The Labute approximate surface area is 121 Å². The summed E-state index contributed by atoms with van der Waals surface area (Å²) in [5.41, 5.74) is 1.61. The van der Waals surface area contributed by atoms with Gasteiger partial charge in [0, 0.05) is 18.8 Å². The van der Waals surface area contributed by atoms with Crippen LogP contribution in [0.3, 0.4) is 0 Å². The van der Waals surface area contributed by atoms with E-state index < -0.39 is 0 Å². The maximum absolute atomic E-state index is 11.8. The predicted octanol–water partition coefficient (Wildman–Crippen LogP) is 4.21. The number of carbonyl (C=O) groups excluding carboxylic acids is 1. The fourth-order valence-electron chi connectivity index (χ4n) is 1.59. The third-order valence-electron chi connectivity index (χ3n) is 2.53. The zero-order chi connectivity index (χ0) is 13.7. The molecule has 96 valence electrons. The zero-order valence-electron chi connectivity index (χ0n) is 10.0. The monoisotopic (exact) mass is 291 g/mol. The van der Waals surface area contributed by atoms with Crippen LogP contribution in [-0.4, -0.2) is 10.8 Å². The Kier molecular flexibility index (Phi) is 4.72. The van der Waals surface area contributed by atoms with Gasteiger partial charge < -0.3 is 0 Å². The van der Waals surface area contributed by atoms with E-state index in [1.54, 1.807) is 36.7 Å². The SMILES string of the molecule is O=C(C=Cc1cccc(Cl)c1Cl)Cc1cccnc1. The molecule has 0 aliphatic carbocycles. The molecule has 4 heteroatoms. The van der Waals surface area contributed by atoms with Crippen LogP contribution in [0.15, 0.2) is 48.8 Å². The molecule has 0 aliphatic rings. The second-order valence-electron chi connectivity index (χ2n) is 3.98. The second kappa shape index (κ2) is 6.50. The van der Waals surface area contributed by atoms with Gasteiger partial charge in [0.05, 0.1) is 10.0 Å². The Morgan fingerprint density at radius 2 is 2.05 bits per heavy atom. The van der Waals surface area contributed by atoms with Crippen molar-refractivity contribution in [3.05, 3.63) is 70.0 Å². The van der Waals surface area contributed by atoms with E-state index in [0.717, 1.165) is 11.1 Å². The second-order valence-corrected chi connectivity index (χ2v) is 4.77. The van der Waals surface area contributed by atoms with Crippen LogP contribution in [0.2, 0.25) is 10.0 Å². The average molecular weight is 292 g/mol. The average Bonchev–Trinajstić information content (AvgIpc) is 2.42. The molecule has 0 spiro atoms.